The van der Waals surface area contributed by atoms with Gasteiger partial charge in [0, 0.05) is 45.5 Å². The van der Waals surface area contributed by atoms with Crippen LogP contribution in [0.15, 0.2) is 37.1 Å². The molecule has 7 nitrogen and oxygen atoms in total. The van der Waals surface area contributed by atoms with Gasteiger partial charge in [-0.05, 0) is 13.0 Å². The Kier molecular flexibility index (Phi) is 5.13. The Labute approximate surface area is 169 Å². The van der Waals surface area contributed by atoms with Crippen LogP contribution in [0.4, 0.5) is 0 Å². The fraction of sp³-hybridized carbons (Fsp3) is 0.368. The molecule has 0 aliphatic rings. The number of rotatable bonds is 7. The van der Waals surface area contributed by atoms with Crippen molar-refractivity contribution < 1.29 is 4.74 Å². The molecule has 0 fully saturated rings. The third kappa shape index (κ3) is 4.21. The lowest BCUT2D eigenvalue weighted by atomic mass is 10.3. The van der Waals surface area contributed by atoms with E-state index in [2.05, 4.69) is 34.7 Å². The van der Waals surface area contributed by atoms with E-state index in [4.69, 9.17) is 9.72 Å². The smallest absolute Gasteiger partial charge is 0.149 e. The number of ether oxygens (including phenoxy) is 1. The molecule has 4 rings (SSSR count). The normalized spacial score (nSPS) is 12.1. The summed E-state index contributed by atoms with van der Waals surface area (Å²) in [6.07, 6.45) is 9.36. The number of aromatic nitrogens is 6. The van der Waals surface area contributed by atoms with Crippen LogP contribution < -0.4 is 0 Å². The van der Waals surface area contributed by atoms with Crippen LogP contribution in [0.25, 0.3) is 27.6 Å². The summed E-state index contributed by atoms with van der Waals surface area (Å²) < 4.78 is 9.59. The molecule has 0 spiro atoms. The summed E-state index contributed by atoms with van der Waals surface area (Å²) >= 11 is 1.63. The highest BCUT2D eigenvalue weighted by atomic mass is 32.1. The molecule has 9 heteroatoms. The first-order chi connectivity index (χ1) is 13.4. The molecule has 0 bridgehead atoms. The minimum Gasteiger partial charge on any atom is -0.360 e. The summed E-state index contributed by atoms with van der Waals surface area (Å²) in [5.41, 5.74) is 2.66. The summed E-state index contributed by atoms with van der Waals surface area (Å²) in [5.74, 6) is 0.810. The van der Waals surface area contributed by atoms with Crippen LogP contribution in [0.5, 0.6) is 0 Å². The topological polar surface area (TPSA) is 70.1 Å². The maximum absolute atomic E-state index is 5.80. The predicted molar refractivity (Wildman–Crippen MR) is 114 cm³/mol. The molecule has 4 aromatic heterocycles. The van der Waals surface area contributed by atoms with Gasteiger partial charge < -0.3 is 4.74 Å². The Bertz CT molecular complexity index is 1090. The van der Waals surface area contributed by atoms with Crippen LogP contribution in [0.1, 0.15) is 5.01 Å². The van der Waals surface area contributed by atoms with E-state index in [0.717, 1.165) is 45.3 Å². The lowest BCUT2D eigenvalue weighted by molar-refractivity contribution is 0.0786. The largest absolute Gasteiger partial charge is 0.360 e. The van der Waals surface area contributed by atoms with Gasteiger partial charge in [0.05, 0.1) is 27.3 Å². The van der Waals surface area contributed by atoms with Crippen molar-refractivity contribution >= 4 is 25.1 Å². The first-order valence-corrected chi connectivity index (χ1v) is 13.8. The van der Waals surface area contributed by atoms with E-state index in [9.17, 15) is 0 Å². The molecular weight excluding hydrogens is 388 g/mol. The van der Waals surface area contributed by atoms with Crippen molar-refractivity contribution in [3.05, 3.63) is 42.1 Å². The van der Waals surface area contributed by atoms with Gasteiger partial charge in [0.25, 0.3) is 0 Å². The van der Waals surface area contributed by atoms with Crippen LogP contribution in [0.2, 0.25) is 25.7 Å². The molecule has 0 radical (unpaired) electrons. The summed E-state index contributed by atoms with van der Waals surface area (Å²) in [4.78, 5) is 14.7. The van der Waals surface area contributed by atoms with Gasteiger partial charge in [-0.2, -0.15) is 5.10 Å². The van der Waals surface area contributed by atoms with Gasteiger partial charge in [0.2, 0.25) is 0 Å². The fourth-order valence-corrected chi connectivity index (χ4v) is 4.31. The van der Waals surface area contributed by atoms with E-state index in [1.807, 2.05) is 46.9 Å². The number of nitrogens with zero attached hydrogens (tertiary/aromatic N) is 6. The van der Waals surface area contributed by atoms with Crippen LogP contribution in [-0.2, 0) is 11.5 Å². The van der Waals surface area contributed by atoms with Gasteiger partial charge in [-0.3, -0.25) is 4.40 Å². The van der Waals surface area contributed by atoms with Gasteiger partial charge in [-0.25, -0.2) is 19.6 Å². The average molecular weight is 413 g/mol. The molecule has 0 unspecified atom stereocenters. The van der Waals surface area contributed by atoms with Gasteiger partial charge >= 0.3 is 0 Å². The van der Waals surface area contributed by atoms with Crippen molar-refractivity contribution in [2.45, 2.75) is 39.3 Å². The summed E-state index contributed by atoms with van der Waals surface area (Å²) in [6, 6.07) is 3.13. The van der Waals surface area contributed by atoms with E-state index in [-0.39, 0.29) is 0 Å². The van der Waals surface area contributed by atoms with Crippen molar-refractivity contribution in [3.63, 3.8) is 0 Å². The molecule has 0 aromatic carbocycles. The highest BCUT2D eigenvalue weighted by molar-refractivity contribution is 7.15. The molecule has 4 heterocycles. The molecular formula is C19H24N6OSSi. The maximum atomic E-state index is 5.80. The molecule has 0 aliphatic heterocycles. The molecule has 146 valence electrons. The minimum absolute atomic E-state index is 0.450. The zero-order valence-corrected chi connectivity index (χ0v) is 18.4. The SMILES string of the molecule is Cc1ncc(-c2cc3nccn3c(-c3cnn(COCC[Si](C)(C)C)c3)n2)s1. The van der Waals surface area contributed by atoms with Crippen molar-refractivity contribution in [2.75, 3.05) is 6.61 Å². The summed E-state index contributed by atoms with van der Waals surface area (Å²) in [7, 11) is -1.08. The lowest BCUT2D eigenvalue weighted by Crippen LogP contribution is -2.22. The second kappa shape index (κ2) is 7.57. The van der Waals surface area contributed by atoms with Crippen molar-refractivity contribution in [1.29, 1.82) is 0 Å². The highest BCUT2D eigenvalue weighted by Gasteiger charge is 2.14. The Morgan fingerprint density at radius 1 is 1.18 bits per heavy atom. The van der Waals surface area contributed by atoms with Crippen LogP contribution in [-0.4, -0.2) is 43.8 Å². The van der Waals surface area contributed by atoms with Gasteiger partial charge in [-0.1, -0.05) is 19.6 Å². The number of fused-ring (bicyclic) bond motifs is 1. The Hall–Kier alpha value is -2.36. The Morgan fingerprint density at radius 2 is 2.04 bits per heavy atom. The number of aryl methyl sites for hydroxylation is 1. The monoisotopic (exact) mass is 412 g/mol. The Balaban J connectivity index is 1.59. The van der Waals surface area contributed by atoms with Crippen molar-refractivity contribution in [3.8, 4) is 22.0 Å². The van der Waals surface area contributed by atoms with Gasteiger partial charge in [0.15, 0.2) is 0 Å². The zero-order valence-electron chi connectivity index (χ0n) is 16.6. The Morgan fingerprint density at radius 3 is 2.79 bits per heavy atom. The molecule has 0 amide bonds. The zero-order chi connectivity index (χ0) is 19.7. The highest BCUT2D eigenvalue weighted by Crippen LogP contribution is 2.28. The van der Waals surface area contributed by atoms with E-state index in [1.54, 1.807) is 17.5 Å². The standard InChI is InChI=1S/C19H24N6OSSi/c1-14-21-11-17(27-14)16-9-18-20-5-6-25(18)19(23-16)15-10-22-24(12-15)13-26-7-8-28(2,3)4/h5-6,9-12H,7-8,13H2,1-4H3. The first-order valence-electron chi connectivity index (χ1n) is 9.26. The summed E-state index contributed by atoms with van der Waals surface area (Å²) in [5, 5.41) is 5.46. The fourth-order valence-electron chi connectivity index (χ4n) is 2.82. The van der Waals surface area contributed by atoms with E-state index < -0.39 is 8.07 Å². The molecule has 4 aromatic rings. The molecule has 28 heavy (non-hydrogen) atoms. The average Bonchev–Trinajstić information content (AvgIpc) is 3.37. The van der Waals surface area contributed by atoms with E-state index in [0.29, 0.717) is 6.73 Å². The quantitative estimate of drug-likeness (QED) is 0.334. The predicted octanol–water partition coefficient (Wildman–Crippen LogP) is 4.34. The maximum Gasteiger partial charge on any atom is 0.149 e. The van der Waals surface area contributed by atoms with Gasteiger partial charge in [-0.15, -0.1) is 11.3 Å². The van der Waals surface area contributed by atoms with E-state index in [1.165, 1.54) is 0 Å². The number of hydrogen-bond acceptors (Lipinski definition) is 6. The third-order valence-electron chi connectivity index (χ3n) is 4.37. The first kappa shape index (κ1) is 19.0. The van der Waals surface area contributed by atoms with Crippen LogP contribution >= 0.6 is 11.3 Å². The molecule has 0 atom stereocenters. The molecule has 0 saturated carbocycles. The summed E-state index contributed by atoms with van der Waals surface area (Å²) in [6.45, 7) is 10.3. The number of thiazole rings is 1. The second-order valence-electron chi connectivity index (χ2n) is 7.98. The minimum atomic E-state index is -1.08. The molecule has 0 saturated heterocycles. The number of hydrogen-bond donors (Lipinski definition) is 0. The lowest BCUT2D eigenvalue weighted by Gasteiger charge is -2.15. The third-order valence-corrected chi connectivity index (χ3v) is 7.01. The molecule has 0 N–H and O–H groups in total. The van der Waals surface area contributed by atoms with Crippen molar-refractivity contribution in [2.24, 2.45) is 0 Å². The van der Waals surface area contributed by atoms with Crippen LogP contribution in [0, 0.1) is 6.92 Å². The van der Waals surface area contributed by atoms with Crippen LogP contribution in [0.3, 0.4) is 0 Å². The molecule has 0 aliphatic carbocycles. The number of imidazole rings is 1. The second-order valence-corrected chi connectivity index (χ2v) is 14.8. The van der Waals surface area contributed by atoms with Crippen molar-refractivity contribution in [1.82, 2.24) is 29.1 Å². The van der Waals surface area contributed by atoms with E-state index >= 15 is 0 Å². The van der Waals surface area contributed by atoms with Gasteiger partial charge in [0.1, 0.15) is 18.2 Å².